The van der Waals surface area contributed by atoms with Gasteiger partial charge in [-0.2, -0.15) is 9.40 Å². The smallest absolute Gasteiger partial charge is 0.322 e. The van der Waals surface area contributed by atoms with Crippen LogP contribution >= 0.6 is 0 Å². The summed E-state index contributed by atoms with van der Waals surface area (Å²) in [5.74, 6) is -1.26. The highest BCUT2D eigenvalue weighted by Crippen LogP contribution is 2.29. The molecule has 0 amide bonds. The van der Waals surface area contributed by atoms with Crippen LogP contribution in [-0.4, -0.2) is 57.4 Å². The first-order chi connectivity index (χ1) is 9.16. The second-order valence-electron chi connectivity index (χ2n) is 4.94. The average Bonchev–Trinajstić information content (AvgIpc) is 2.81. The SMILES string of the molecule is Cc1nn(C)c(C)c1S(=O)(=O)N1CC(O)C[C@H]1C(=O)O. The van der Waals surface area contributed by atoms with Crippen LogP contribution in [0, 0.1) is 13.8 Å². The Morgan fingerprint density at radius 1 is 1.40 bits per heavy atom. The summed E-state index contributed by atoms with van der Waals surface area (Å²) in [6, 6.07) is -1.24. The molecular weight excluding hydrogens is 286 g/mol. The molecule has 20 heavy (non-hydrogen) atoms. The summed E-state index contributed by atoms with van der Waals surface area (Å²) in [7, 11) is -2.38. The van der Waals surface area contributed by atoms with Crippen molar-refractivity contribution in [1.82, 2.24) is 14.1 Å². The van der Waals surface area contributed by atoms with E-state index in [1.165, 1.54) is 4.68 Å². The molecule has 0 radical (unpaired) electrons. The van der Waals surface area contributed by atoms with Gasteiger partial charge in [0, 0.05) is 20.0 Å². The molecule has 0 bridgehead atoms. The van der Waals surface area contributed by atoms with E-state index in [9.17, 15) is 18.3 Å². The van der Waals surface area contributed by atoms with Crippen LogP contribution in [0.25, 0.3) is 0 Å². The minimum Gasteiger partial charge on any atom is -0.480 e. The fourth-order valence-electron chi connectivity index (χ4n) is 2.52. The van der Waals surface area contributed by atoms with Crippen LogP contribution in [0.3, 0.4) is 0 Å². The van der Waals surface area contributed by atoms with Gasteiger partial charge in [-0.1, -0.05) is 0 Å². The number of carbonyl (C=O) groups is 1. The lowest BCUT2D eigenvalue weighted by molar-refractivity contribution is -0.140. The molecule has 1 fully saturated rings. The van der Waals surface area contributed by atoms with Gasteiger partial charge in [0.1, 0.15) is 10.9 Å². The molecule has 2 heterocycles. The molecule has 112 valence electrons. The summed E-state index contributed by atoms with van der Waals surface area (Å²) in [6.07, 6.45) is -1.07. The molecule has 0 spiro atoms. The van der Waals surface area contributed by atoms with Gasteiger partial charge < -0.3 is 10.2 Å². The highest BCUT2D eigenvalue weighted by molar-refractivity contribution is 7.89. The lowest BCUT2D eigenvalue weighted by atomic mass is 10.2. The van der Waals surface area contributed by atoms with E-state index in [4.69, 9.17) is 5.11 Å². The molecule has 1 saturated heterocycles. The highest BCUT2D eigenvalue weighted by Gasteiger charge is 2.45. The van der Waals surface area contributed by atoms with Gasteiger partial charge in [0.2, 0.25) is 10.0 Å². The van der Waals surface area contributed by atoms with E-state index in [1.807, 2.05) is 0 Å². The van der Waals surface area contributed by atoms with Crippen LogP contribution in [0.4, 0.5) is 0 Å². The molecule has 1 aliphatic heterocycles. The molecule has 0 saturated carbocycles. The normalized spacial score (nSPS) is 24.2. The number of carboxylic acid groups (broad SMARTS) is 1. The Kier molecular flexibility index (Phi) is 3.61. The topological polar surface area (TPSA) is 113 Å². The number of rotatable bonds is 3. The maximum Gasteiger partial charge on any atom is 0.322 e. The zero-order chi connectivity index (χ0) is 15.2. The fraction of sp³-hybridized carbons (Fsp3) is 0.636. The fourth-order valence-corrected chi connectivity index (χ4v) is 4.55. The molecule has 9 heteroatoms. The Bertz CT molecular complexity index is 651. The van der Waals surface area contributed by atoms with Crippen molar-refractivity contribution in [3.05, 3.63) is 11.4 Å². The summed E-state index contributed by atoms with van der Waals surface area (Å²) in [5, 5.41) is 22.7. The second kappa shape index (κ2) is 4.83. The van der Waals surface area contributed by atoms with E-state index in [-0.39, 0.29) is 17.9 Å². The summed E-state index contributed by atoms with van der Waals surface area (Å²) in [5.41, 5.74) is 0.753. The first-order valence-electron chi connectivity index (χ1n) is 6.09. The van der Waals surface area contributed by atoms with Gasteiger partial charge >= 0.3 is 5.97 Å². The van der Waals surface area contributed by atoms with Crippen LogP contribution in [0.1, 0.15) is 17.8 Å². The molecule has 1 aromatic rings. The number of aryl methyl sites for hydroxylation is 2. The van der Waals surface area contributed by atoms with Crippen molar-refractivity contribution >= 4 is 16.0 Å². The zero-order valence-corrected chi connectivity index (χ0v) is 12.3. The largest absolute Gasteiger partial charge is 0.480 e. The molecule has 0 aromatic carbocycles. The van der Waals surface area contributed by atoms with Crippen LogP contribution in [0.5, 0.6) is 0 Å². The molecule has 8 nitrogen and oxygen atoms in total. The number of nitrogens with zero attached hydrogens (tertiary/aromatic N) is 3. The van der Waals surface area contributed by atoms with Crippen LogP contribution in [0.2, 0.25) is 0 Å². The molecule has 1 aromatic heterocycles. The highest BCUT2D eigenvalue weighted by atomic mass is 32.2. The summed E-state index contributed by atoms with van der Waals surface area (Å²) in [4.78, 5) is 11.2. The van der Waals surface area contributed by atoms with Crippen molar-refractivity contribution in [3.63, 3.8) is 0 Å². The first kappa shape index (κ1) is 14.9. The minimum atomic E-state index is -4.00. The van der Waals surface area contributed by atoms with Crippen molar-refractivity contribution in [2.24, 2.45) is 7.05 Å². The van der Waals surface area contributed by atoms with Crippen molar-refractivity contribution in [2.75, 3.05) is 6.54 Å². The Morgan fingerprint density at radius 3 is 2.45 bits per heavy atom. The van der Waals surface area contributed by atoms with Crippen LogP contribution in [0.15, 0.2) is 4.90 Å². The van der Waals surface area contributed by atoms with E-state index >= 15 is 0 Å². The summed E-state index contributed by atoms with van der Waals surface area (Å²) >= 11 is 0. The predicted molar refractivity (Wildman–Crippen MR) is 68.6 cm³/mol. The van der Waals surface area contributed by atoms with Crippen molar-refractivity contribution in [3.8, 4) is 0 Å². The number of aliphatic hydroxyl groups is 1. The lowest BCUT2D eigenvalue weighted by Crippen LogP contribution is -2.40. The van der Waals surface area contributed by atoms with Gasteiger partial charge in [-0.3, -0.25) is 9.48 Å². The van der Waals surface area contributed by atoms with Gasteiger partial charge in [-0.05, 0) is 13.8 Å². The summed E-state index contributed by atoms with van der Waals surface area (Å²) in [6.45, 7) is 2.95. The molecule has 0 aliphatic carbocycles. The quantitative estimate of drug-likeness (QED) is 0.759. The molecule has 2 atom stereocenters. The minimum absolute atomic E-state index is 0.0142. The maximum absolute atomic E-state index is 12.6. The standard InChI is InChI=1S/C11H17N3O5S/c1-6-10(7(2)13(3)12-6)20(18,19)14-5-8(15)4-9(14)11(16)17/h8-9,15H,4-5H2,1-3H3,(H,16,17)/t8?,9-/m0/s1. The molecule has 1 aliphatic rings. The molecule has 1 unspecified atom stereocenters. The third kappa shape index (κ3) is 2.21. The lowest BCUT2D eigenvalue weighted by Gasteiger charge is -2.20. The zero-order valence-electron chi connectivity index (χ0n) is 11.4. The second-order valence-corrected chi connectivity index (χ2v) is 6.77. The van der Waals surface area contributed by atoms with Gasteiger partial charge in [0.05, 0.1) is 17.5 Å². The maximum atomic E-state index is 12.6. The van der Waals surface area contributed by atoms with Crippen molar-refractivity contribution < 1.29 is 23.4 Å². The van der Waals surface area contributed by atoms with Gasteiger partial charge in [-0.15, -0.1) is 0 Å². The number of aliphatic carboxylic acids is 1. The third-order valence-corrected chi connectivity index (χ3v) is 5.66. The Balaban J connectivity index is 2.52. The Labute approximate surface area is 116 Å². The number of aromatic nitrogens is 2. The average molecular weight is 303 g/mol. The van der Waals surface area contributed by atoms with E-state index in [2.05, 4.69) is 5.10 Å². The van der Waals surface area contributed by atoms with Crippen molar-refractivity contribution in [1.29, 1.82) is 0 Å². The number of hydrogen-bond acceptors (Lipinski definition) is 5. The monoisotopic (exact) mass is 303 g/mol. The molecule has 2 N–H and O–H groups in total. The first-order valence-corrected chi connectivity index (χ1v) is 7.53. The Morgan fingerprint density at radius 2 is 2.00 bits per heavy atom. The van der Waals surface area contributed by atoms with E-state index < -0.39 is 28.1 Å². The number of aliphatic hydroxyl groups excluding tert-OH is 1. The van der Waals surface area contributed by atoms with Crippen LogP contribution in [-0.2, 0) is 21.9 Å². The predicted octanol–water partition coefficient (Wildman–Crippen LogP) is -0.755. The van der Waals surface area contributed by atoms with Crippen molar-refractivity contribution in [2.45, 2.75) is 37.3 Å². The van der Waals surface area contributed by atoms with Gasteiger partial charge in [0.15, 0.2) is 0 Å². The van der Waals surface area contributed by atoms with Gasteiger partial charge in [0.25, 0.3) is 0 Å². The van der Waals surface area contributed by atoms with E-state index in [0.717, 1.165) is 4.31 Å². The number of hydrogen-bond donors (Lipinski definition) is 2. The number of carboxylic acids is 1. The summed E-state index contributed by atoms with van der Waals surface area (Å²) < 4.78 is 27.6. The third-order valence-electron chi connectivity index (χ3n) is 3.53. The van der Waals surface area contributed by atoms with E-state index in [0.29, 0.717) is 11.4 Å². The molecular formula is C11H17N3O5S. The number of β-amino-alcohol motifs (C(OH)–C–C–N with tert-alkyl or cyclic N) is 1. The van der Waals surface area contributed by atoms with Crippen LogP contribution < -0.4 is 0 Å². The van der Waals surface area contributed by atoms with Gasteiger partial charge in [-0.25, -0.2) is 8.42 Å². The van der Waals surface area contributed by atoms with E-state index in [1.54, 1.807) is 20.9 Å². The molecule has 2 rings (SSSR count). The number of sulfonamides is 1. The Hall–Kier alpha value is -1.45.